The number of fused-ring (bicyclic) bond motifs is 2. The molecule has 1 aliphatic rings. The van der Waals surface area contributed by atoms with Gasteiger partial charge in [0.15, 0.2) is 0 Å². The van der Waals surface area contributed by atoms with E-state index in [0.717, 1.165) is 51.3 Å². The minimum atomic E-state index is -0.709. The van der Waals surface area contributed by atoms with E-state index in [4.69, 9.17) is 26.1 Å². The quantitative estimate of drug-likeness (QED) is 0.156. The van der Waals surface area contributed by atoms with E-state index < -0.39 is 23.3 Å². The number of anilines is 3. The van der Waals surface area contributed by atoms with Crippen LogP contribution in [0.4, 0.5) is 34.8 Å². The Kier molecular flexibility index (Phi) is 12.0. The minimum Gasteiger partial charge on any atom is -0.481 e. The van der Waals surface area contributed by atoms with Crippen LogP contribution in [0.25, 0.3) is 55.4 Å². The lowest BCUT2D eigenvalue weighted by Crippen LogP contribution is -2.36. The van der Waals surface area contributed by atoms with Gasteiger partial charge in [-0.15, -0.1) is 0 Å². The lowest BCUT2D eigenvalue weighted by Gasteiger charge is -2.28. The molecule has 1 fully saturated rings. The van der Waals surface area contributed by atoms with Gasteiger partial charge in [-0.25, -0.2) is 37.5 Å². The smallest absolute Gasteiger partial charge is 0.212 e. The Morgan fingerprint density at radius 2 is 1.26 bits per heavy atom. The van der Waals surface area contributed by atoms with E-state index >= 15 is 4.39 Å². The summed E-state index contributed by atoms with van der Waals surface area (Å²) in [5.41, 5.74) is 9.02. The number of hydrogen-bond donors (Lipinski definition) is 1. The number of rotatable bonds is 7. The standard InChI is InChI=1S/C31H28F2N6O2.C16H11ClF2N2/c1-18-10-21(15-34-14-18)30-19(2)31(29-24(33)11-22(32)12-26(29)38-30)37-25-13-27(39-6-8-41-9-7-39)35-17-23(25)20-4-5-28(40-3)36-16-20;1-8-3-10(7-20-6-8)16-9(2)15(17)14-12(19)4-11(18)5-13(14)21-16/h4-5,10-17H,6-9H2,1-3H3,(H,35,37,38);3-7H,1-2H3. The van der Waals surface area contributed by atoms with Gasteiger partial charge < -0.3 is 19.7 Å². The highest BCUT2D eigenvalue weighted by molar-refractivity contribution is 6.36. The molecule has 15 heteroatoms. The number of halogens is 5. The van der Waals surface area contributed by atoms with Crippen LogP contribution in [0.3, 0.4) is 0 Å². The third kappa shape index (κ3) is 8.56. The first-order valence-corrected chi connectivity index (χ1v) is 19.9. The fourth-order valence-electron chi connectivity index (χ4n) is 7.39. The molecule has 1 saturated heterocycles. The van der Waals surface area contributed by atoms with Gasteiger partial charge in [-0.05, 0) is 68.1 Å². The van der Waals surface area contributed by atoms with Crippen LogP contribution in [0.5, 0.6) is 5.88 Å². The topological polar surface area (TPSA) is 111 Å². The molecule has 0 radical (unpaired) electrons. The Balaban J connectivity index is 0.000000211. The van der Waals surface area contributed by atoms with Crippen LogP contribution < -0.4 is 15.0 Å². The van der Waals surface area contributed by atoms with Gasteiger partial charge in [-0.3, -0.25) is 9.97 Å². The molecule has 314 valence electrons. The maximum atomic E-state index is 15.5. The van der Waals surface area contributed by atoms with Crippen LogP contribution in [-0.2, 0) is 4.74 Å². The molecule has 0 bridgehead atoms. The lowest BCUT2D eigenvalue weighted by atomic mass is 10.0. The molecule has 0 aliphatic carbocycles. The molecule has 2 aromatic carbocycles. The van der Waals surface area contributed by atoms with Gasteiger partial charge in [0, 0.05) is 109 Å². The Morgan fingerprint density at radius 3 is 1.84 bits per heavy atom. The Labute approximate surface area is 359 Å². The van der Waals surface area contributed by atoms with Crippen molar-refractivity contribution in [2.24, 2.45) is 0 Å². The molecule has 8 aromatic rings. The van der Waals surface area contributed by atoms with Gasteiger partial charge in [-0.2, -0.15) is 0 Å². The second kappa shape index (κ2) is 17.7. The average molecular weight is 859 g/mol. The van der Waals surface area contributed by atoms with Crippen molar-refractivity contribution in [1.29, 1.82) is 0 Å². The zero-order valence-corrected chi connectivity index (χ0v) is 35.1. The van der Waals surface area contributed by atoms with Crippen LogP contribution in [0.1, 0.15) is 22.3 Å². The summed E-state index contributed by atoms with van der Waals surface area (Å²) in [6.45, 7) is 10.1. The Hall–Kier alpha value is -6.77. The minimum absolute atomic E-state index is 0.139. The summed E-state index contributed by atoms with van der Waals surface area (Å²) in [5.74, 6) is -1.55. The van der Waals surface area contributed by atoms with E-state index in [0.29, 0.717) is 66.1 Å². The van der Waals surface area contributed by atoms with Crippen molar-refractivity contribution in [2.45, 2.75) is 27.7 Å². The summed E-state index contributed by atoms with van der Waals surface area (Å²) in [5, 5.41) is 4.07. The first-order valence-electron chi connectivity index (χ1n) is 19.6. The fraction of sp³-hybridized carbons (Fsp3) is 0.191. The molecule has 1 N–H and O–H groups in total. The molecule has 6 aromatic heterocycles. The van der Waals surface area contributed by atoms with Gasteiger partial charge in [0.2, 0.25) is 5.88 Å². The van der Waals surface area contributed by atoms with Gasteiger partial charge >= 0.3 is 0 Å². The van der Waals surface area contributed by atoms with E-state index in [1.807, 2.05) is 45.0 Å². The third-order valence-electron chi connectivity index (χ3n) is 10.5. The number of nitrogens with zero attached hydrogens (tertiary/aromatic N) is 7. The summed E-state index contributed by atoms with van der Waals surface area (Å²) in [7, 11) is 1.56. The number of nitrogens with one attached hydrogen (secondary N) is 1. The first-order chi connectivity index (χ1) is 29.9. The number of benzene rings is 2. The normalized spacial score (nSPS) is 12.6. The number of morpholine rings is 1. The molecular formula is C47H39ClF4N8O2. The summed E-state index contributed by atoms with van der Waals surface area (Å²) < 4.78 is 67.9. The molecule has 1 aliphatic heterocycles. The van der Waals surface area contributed by atoms with E-state index in [9.17, 15) is 13.2 Å². The number of methoxy groups -OCH3 is 1. The predicted molar refractivity (Wildman–Crippen MR) is 234 cm³/mol. The molecule has 0 unspecified atom stereocenters. The van der Waals surface area contributed by atoms with Crippen molar-refractivity contribution in [3.63, 3.8) is 0 Å². The lowest BCUT2D eigenvalue weighted by molar-refractivity contribution is 0.122. The Morgan fingerprint density at radius 1 is 0.661 bits per heavy atom. The van der Waals surface area contributed by atoms with Gasteiger partial charge in [0.1, 0.15) is 29.1 Å². The van der Waals surface area contributed by atoms with Crippen LogP contribution in [-0.4, -0.2) is 63.3 Å². The Bertz CT molecular complexity index is 2990. The second-order valence-electron chi connectivity index (χ2n) is 14.8. The molecule has 7 heterocycles. The maximum Gasteiger partial charge on any atom is 0.212 e. The zero-order chi connectivity index (χ0) is 43.7. The molecule has 0 atom stereocenters. The summed E-state index contributed by atoms with van der Waals surface area (Å²) in [6.07, 6.45) is 10.3. The molecule has 10 nitrogen and oxygen atoms in total. The number of ether oxygens (including phenoxy) is 2. The van der Waals surface area contributed by atoms with E-state index in [1.54, 1.807) is 57.3 Å². The zero-order valence-electron chi connectivity index (χ0n) is 34.3. The fourth-order valence-corrected chi connectivity index (χ4v) is 7.67. The number of pyridine rings is 6. The molecule has 0 amide bonds. The van der Waals surface area contributed by atoms with Crippen molar-refractivity contribution in [2.75, 3.05) is 43.6 Å². The maximum absolute atomic E-state index is 15.5. The number of hydrogen-bond acceptors (Lipinski definition) is 10. The largest absolute Gasteiger partial charge is 0.481 e. The highest BCUT2D eigenvalue weighted by Crippen LogP contribution is 2.40. The van der Waals surface area contributed by atoms with Crippen molar-refractivity contribution in [3.8, 4) is 39.5 Å². The second-order valence-corrected chi connectivity index (χ2v) is 15.2. The van der Waals surface area contributed by atoms with Crippen LogP contribution in [0, 0.1) is 51.0 Å². The van der Waals surface area contributed by atoms with Crippen molar-refractivity contribution in [3.05, 3.63) is 142 Å². The molecule has 62 heavy (non-hydrogen) atoms. The van der Waals surface area contributed by atoms with Gasteiger partial charge in [-0.1, -0.05) is 11.6 Å². The van der Waals surface area contributed by atoms with Crippen molar-refractivity contribution < 1.29 is 27.0 Å². The third-order valence-corrected chi connectivity index (χ3v) is 10.9. The summed E-state index contributed by atoms with van der Waals surface area (Å²) >= 11 is 6.26. The van der Waals surface area contributed by atoms with Crippen molar-refractivity contribution in [1.82, 2.24) is 29.9 Å². The van der Waals surface area contributed by atoms with E-state index in [1.165, 1.54) is 12.1 Å². The van der Waals surface area contributed by atoms with Gasteiger partial charge in [0.25, 0.3) is 0 Å². The van der Waals surface area contributed by atoms with E-state index in [-0.39, 0.29) is 26.8 Å². The summed E-state index contributed by atoms with van der Waals surface area (Å²) in [6, 6.07) is 13.6. The molecule has 0 spiro atoms. The van der Waals surface area contributed by atoms with Crippen LogP contribution in [0.2, 0.25) is 5.02 Å². The molecular weight excluding hydrogens is 820 g/mol. The SMILES string of the molecule is COc1ccc(-c2cnc(N3CCOCC3)cc2Nc2c(C)c(-c3cncc(C)c3)nc3cc(F)cc(F)c23)cn1.Cc1cncc(-c2nc3cc(F)cc(F)c3c(Cl)c2C)c1. The number of aromatic nitrogens is 6. The molecule has 0 saturated carbocycles. The number of aryl methyl sites for hydroxylation is 2. The highest BCUT2D eigenvalue weighted by Gasteiger charge is 2.22. The first kappa shape index (κ1) is 41.9. The van der Waals surface area contributed by atoms with E-state index in [2.05, 4.69) is 35.1 Å². The van der Waals surface area contributed by atoms with Crippen LogP contribution >= 0.6 is 11.6 Å². The highest BCUT2D eigenvalue weighted by atomic mass is 35.5. The average Bonchev–Trinajstić information content (AvgIpc) is 3.26. The van der Waals surface area contributed by atoms with Crippen LogP contribution in [0.15, 0.2) is 91.8 Å². The monoisotopic (exact) mass is 858 g/mol. The predicted octanol–water partition coefficient (Wildman–Crippen LogP) is 11.1. The van der Waals surface area contributed by atoms with Crippen molar-refractivity contribution >= 4 is 50.6 Å². The molecule has 9 rings (SSSR count). The summed E-state index contributed by atoms with van der Waals surface area (Å²) in [4.78, 5) is 28.7. The van der Waals surface area contributed by atoms with Gasteiger partial charge in [0.05, 0.1) is 69.9 Å².